The first-order valence-electron chi connectivity index (χ1n) is 6.84. The Morgan fingerprint density at radius 3 is 2.39 bits per heavy atom. The SMILES string of the molecule is C[Si](C)(C)CC=CCC(O)CCc1ccccc1. The molecule has 0 heterocycles. The third-order valence-electron chi connectivity index (χ3n) is 2.91. The molecule has 0 spiro atoms. The number of allylic oxidation sites excluding steroid dienone is 1. The van der Waals surface area contributed by atoms with Crippen LogP contribution < -0.4 is 0 Å². The molecule has 2 heteroatoms. The Hall–Kier alpha value is -0.863. The zero-order chi connectivity index (χ0) is 13.4. The van der Waals surface area contributed by atoms with Crippen molar-refractivity contribution in [3.63, 3.8) is 0 Å². The maximum atomic E-state index is 9.90. The van der Waals surface area contributed by atoms with Crippen LogP contribution in [0.4, 0.5) is 0 Å². The van der Waals surface area contributed by atoms with Gasteiger partial charge in [0.25, 0.3) is 0 Å². The topological polar surface area (TPSA) is 20.2 Å². The number of aliphatic hydroxyl groups excluding tert-OH is 1. The molecule has 0 bridgehead atoms. The summed E-state index contributed by atoms with van der Waals surface area (Å²) in [6.45, 7) is 7.09. The van der Waals surface area contributed by atoms with Crippen LogP contribution in [0.15, 0.2) is 42.5 Å². The monoisotopic (exact) mass is 262 g/mol. The minimum absolute atomic E-state index is 0.205. The molecule has 0 amide bonds. The van der Waals surface area contributed by atoms with Crippen molar-refractivity contribution in [1.29, 1.82) is 0 Å². The van der Waals surface area contributed by atoms with Crippen molar-refractivity contribution in [2.45, 2.75) is 51.1 Å². The molecular weight excluding hydrogens is 236 g/mol. The van der Waals surface area contributed by atoms with E-state index in [-0.39, 0.29) is 6.10 Å². The molecule has 0 aliphatic carbocycles. The van der Waals surface area contributed by atoms with Gasteiger partial charge in [-0.05, 0) is 30.9 Å². The Kier molecular flexibility index (Phi) is 6.37. The van der Waals surface area contributed by atoms with E-state index in [9.17, 15) is 5.11 Å². The third kappa shape index (κ3) is 7.46. The van der Waals surface area contributed by atoms with Gasteiger partial charge in [0.2, 0.25) is 0 Å². The lowest BCUT2D eigenvalue weighted by molar-refractivity contribution is 0.168. The number of rotatable bonds is 7. The van der Waals surface area contributed by atoms with Crippen molar-refractivity contribution in [3.8, 4) is 0 Å². The van der Waals surface area contributed by atoms with Gasteiger partial charge < -0.3 is 5.11 Å². The second kappa shape index (κ2) is 7.55. The lowest BCUT2D eigenvalue weighted by Crippen LogP contribution is -2.17. The fraction of sp³-hybridized carbons (Fsp3) is 0.500. The van der Waals surface area contributed by atoms with E-state index in [1.54, 1.807) is 0 Å². The molecule has 1 aromatic carbocycles. The first-order valence-corrected chi connectivity index (χ1v) is 10.5. The highest BCUT2D eigenvalue weighted by Crippen LogP contribution is 2.11. The molecule has 1 rings (SSSR count). The van der Waals surface area contributed by atoms with Crippen LogP contribution in [0, 0.1) is 0 Å². The smallest absolute Gasteiger partial charge is 0.0577 e. The molecule has 0 aliphatic rings. The van der Waals surface area contributed by atoms with Crippen LogP contribution in [0.5, 0.6) is 0 Å². The van der Waals surface area contributed by atoms with E-state index >= 15 is 0 Å². The van der Waals surface area contributed by atoms with Crippen LogP contribution in [0.2, 0.25) is 25.7 Å². The summed E-state index contributed by atoms with van der Waals surface area (Å²) >= 11 is 0. The van der Waals surface area contributed by atoms with Gasteiger partial charge in [0, 0.05) is 8.07 Å². The number of aryl methyl sites for hydroxylation is 1. The third-order valence-corrected chi connectivity index (χ3v) is 4.37. The zero-order valence-corrected chi connectivity index (χ0v) is 12.9. The van der Waals surface area contributed by atoms with Crippen molar-refractivity contribution in [3.05, 3.63) is 48.0 Å². The Morgan fingerprint density at radius 2 is 1.78 bits per heavy atom. The molecule has 0 saturated heterocycles. The van der Waals surface area contributed by atoms with Crippen molar-refractivity contribution >= 4 is 8.07 Å². The summed E-state index contributed by atoms with van der Waals surface area (Å²) < 4.78 is 0. The summed E-state index contributed by atoms with van der Waals surface area (Å²) in [5.74, 6) is 0. The van der Waals surface area contributed by atoms with Crippen LogP contribution in [0.25, 0.3) is 0 Å². The number of benzene rings is 1. The summed E-state index contributed by atoms with van der Waals surface area (Å²) in [6, 6.07) is 11.6. The highest BCUT2D eigenvalue weighted by atomic mass is 28.3. The molecule has 1 unspecified atom stereocenters. The van der Waals surface area contributed by atoms with Crippen molar-refractivity contribution in [1.82, 2.24) is 0 Å². The molecule has 1 aromatic rings. The average Bonchev–Trinajstić information content (AvgIpc) is 2.32. The standard InChI is InChI=1S/C16H26OSi/c1-18(2,3)14-8-7-11-16(17)13-12-15-9-5-4-6-10-15/h4-10,16-17H,11-14H2,1-3H3. The summed E-state index contributed by atoms with van der Waals surface area (Å²) in [4.78, 5) is 0. The van der Waals surface area contributed by atoms with Crippen molar-refractivity contribution < 1.29 is 5.11 Å². The highest BCUT2D eigenvalue weighted by molar-refractivity contribution is 6.76. The molecule has 0 aliphatic heterocycles. The van der Waals surface area contributed by atoms with E-state index in [1.165, 1.54) is 11.6 Å². The van der Waals surface area contributed by atoms with Gasteiger partial charge in [-0.3, -0.25) is 0 Å². The molecule has 100 valence electrons. The molecular formula is C16H26OSi. The van der Waals surface area contributed by atoms with Gasteiger partial charge in [-0.25, -0.2) is 0 Å². The average molecular weight is 262 g/mol. The molecule has 1 nitrogen and oxygen atoms in total. The van der Waals surface area contributed by atoms with E-state index < -0.39 is 8.07 Å². The summed E-state index contributed by atoms with van der Waals surface area (Å²) in [7, 11) is -0.969. The Morgan fingerprint density at radius 1 is 1.11 bits per heavy atom. The molecule has 1 N–H and O–H groups in total. The molecule has 0 fully saturated rings. The van der Waals surface area contributed by atoms with Crippen LogP contribution >= 0.6 is 0 Å². The quantitative estimate of drug-likeness (QED) is 0.575. The first-order chi connectivity index (χ1) is 8.47. The van der Waals surface area contributed by atoms with Gasteiger partial charge in [-0.15, -0.1) is 0 Å². The van der Waals surface area contributed by atoms with E-state index in [0.29, 0.717) is 0 Å². The predicted octanol–water partition coefficient (Wildman–Crippen LogP) is 4.26. The fourth-order valence-corrected chi connectivity index (χ4v) is 2.66. The van der Waals surface area contributed by atoms with Crippen LogP contribution in [0.3, 0.4) is 0 Å². The van der Waals surface area contributed by atoms with Crippen LogP contribution in [-0.2, 0) is 6.42 Å². The Balaban J connectivity index is 2.20. The van der Waals surface area contributed by atoms with E-state index in [2.05, 4.69) is 56.1 Å². The largest absolute Gasteiger partial charge is 0.393 e. The first kappa shape index (κ1) is 15.2. The lowest BCUT2D eigenvalue weighted by Gasteiger charge is -2.12. The van der Waals surface area contributed by atoms with Crippen LogP contribution in [0.1, 0.15) is 18.4 Å². The minimum Gasteiger partial charge on any atom is -0.393 e. The number of aliphatic hydroxyl groups is 1. The van der Waals surface area contributed by atoms with Crippen molar-refractivity contribution in [2.75, 3.05) is 0 Å². The molecule has 0 saturated carbocycles. The van der Waals surface area contributed by atoms with Gasteiger partial charge >= 0.3 is 0 Å². The minimum atomic E-state index is -0.969. The molecule has 1 atom stereocenters. The Bertz CT molecular complexity index is 351. The van der Waals surface area contributed by atoms with Gasteiger partial charge in [-0.2, -0.15) is 0 Å². The summed E-state index contributed by atoms with van der Waals surface area (Å²) in [5, 5.41) is 9.90. The predicted molar refractivity (Wildman–Crippen MR) is 82.7 cm³/mol. The summed E-state index contributed by atoms with van der Waals surface area (Å²) in [6.07, 6.45) is 6.79. The molecule has 0 radical (unpaired) electrons. The van der Waals surface area contributed by atoms with Gasteiger partial charge in [0.05, 0.1) is 6.10 Å². The fourth-order valence-electron chi connectivity index (χ4n) is 1.79. The Labute approximate surface area is 113 Å². The van der Waals surface area contributed by atoms with E-state index in [0.717, 1.165) is 19.3 Å². The summed E-state index contributed by atoms with van der Waals surface area (Å²) in [5.41, 5.74) is 1.31. The van der Waals surface area contributed by atoms with Crippen LogP contribution in [-0.4, -0.2) is 19.3 Å². The van der Waals surface area contributed by atoms with Gasteiger partial charge in [0.15, 0.2) is 0 Å². The maximum Gasteiger partial charge on any atom is 0.0577 e. The second-order valence-electron chi connectivity index (χ2n) is 6.15. The lowest BCUT2D eigenvalue weighted by atomic mass is 10.1. The van der Waals surface area contributed by atoms with Crippen molar-refractivity contribution in [2.24, 2.45) is 0 Å². The van der Waals surface area contributed by atoms with E-state index in [4.69, 9.17) is 0 Å². The normalized spacial score (nSPS) is 14.0. The second-order valence-corrected chi connectivity index (χ2v) is 11.7. The highest BCUT2D eigenvalue weighted by Gasteiger charge is 2.09. The number of hydrogen-bond donors (Lipinski definition) is 1. The number of hydrogen-bond acceptors (Lipinski definition) is 1. The molecule has 0 aromatic heterocycles. The van der Waals surface area contributed by atoms with Gasteiger partial charge in [-0.1, -0.05) is 62.1 Å². The molecule has 18 heavy (non-hydrogen) atoms. The maximum absolute atomic E-state index is 9.90. The van der Waals surface area contributed by atoms with E-state index in [1.807, 2.05) is 6.07 Å². The zero-order valence-electron chi connectivity index (χ0n) is 11.9. The van der Waals surface area contributed by atoms with Gasteiger partial charge in [0.1, 0.15) is 0 Å².